The van der Waals surface area contributed by atoms with Crippen LogP contribution in [0.1, 0.15) is 22.8 Å². The molecule has 22 heavy (non-hydrogen) atoms. The number of nitrogens with one attached hydrogen (secondary N) is 3. The van der Waals surface area contributed by atoms with E-state index in [1.54, 1.807) is 19.1 Å². The van der Waals surface area contributed by atoms with E-state index in [1.165, 1.54) is 12.4 Å². The molecule has 6 heteroatoms. The minimum atomic E-state index is -0.547. The van der Waals surface area contributed by atoms with Crippen molar-refractivity contribution in [1.82, 2.24) is 21.2 Å². The lowest BCUT2D eigenvalue weighted by Crippen LogP contribution is -2.50. The Hall–Kier alpha value is -2.73. The van der Waals surface area contributed by atoms with E-state index in [1.807, 2.05) is 30.3 Å². The lowest BCUT2D eigenvalue weighted by molar-refractivity contribution is -0.123. The van der Waals surface area contributed by atoms with Gasteiger partial charge in [-0.05, 0) is 24.6 Å². The number of hydrazine groups is 1. The summed E-state index contributed by atoms with van der Waals surface area (Å²) >= 11 is 0. The first kappa shape index (κ1) is 15.7. The fraction of sp³-hybridized carbons (Fsp3) is 0.188. The van der Waals surface area contributed by atoms with Crippen molar-refractivity contribution in [2.24, 2.45) is 0 Å². The average molecular weight is 298 g/mol. The fourth-order valence-electron chi connectivity index (χ4n) is 1.75. The summed E-state index contributed by atoms with van der Waals surface area (Å²) < 4.78 is 0. The molecule has 0 saturated carbocycles. The Labute approximate surface area is 128 Å². The highest BCUT2D eigenvalue weighted by Gasteiger charge is 2.13. The van der Waals surface area contributed by atoms with Gasteiger partial charge in [-0.1, -0.05) is 30.3 Å². The third kappa shape index (κ3) is 4.68. The van der Waals surface area contributed by atoms with Crippen molar-refractivity contribution in [2.75, 3.05) is 0 Å². The molecular formula is C16H18N4O2. The number of hydrogen-bond acceptors (Lipinski definition) is 4. The zero-order valence-electron chi connectivity index (χ0n) is 12.2. The number of rotatable bonds is 6. The molecule has 0 aliphatic carbocycles. The number of carbonyl (C=O) groups excluding carboxylic acids is 2. The van der Waals surface area contributed by atoms with Crippen LogP contribution in [0.15, 0.2) is 54.9 Å². The van der Waals surface area contributed by atoms with Gasteiger partial charge in [-0.15, -0.1) is 0 Å². The number of aromatic nitrogens is 1. The van der Waals surface area contributed by atoms with Crippen LogP contribution in [-0.4, -0.2) is 22.8 Å². The lowest BCUT2D eigenvalue weighted by atomic mass is 10.2. The number of benzene rings is 1. The average Bonchev–Trinajstić information content (AvgIpc) is 2.58. The van der Waals surface area contributed by atoms with Crippen LogP contribution in [0.3, 0.4) is 0 Å². The van der Waals surface area contributed by atoms with Gasteiger partial charge in [0.15, 0.2) is 0 Å². The summed E-state index contributed by atoms with van der Waals surface area (Å²) in [4.78, 5) is 27.6. The molecule has 1 aromatic heterocycles. The van der Waals surface area contributed by atoms with Gasteiger partial charge in [0, 0.05) is 24.5 Å². The molecule has 6 nitrogen and oxygen atoms in total. The second-order valence-electron chi connectivity index (χ2n) is 4.76. The van der Waals surface area contributed by atoms with Crippen LogP contribution in [0.25, 0.3) is 0 Å². The van der Waals surface area contributed by atoms with E-state index in [0.717, 1.165) is 5.56 Å². The maximum atomic E-state index is 11.9. The Bertz CT molecular complexity index is 617. The molecule has 0 aliphatic heterocycles. The van der Waals surface area contributed by atoms with Crippen LogP contribution in [0.2, 0.25) is 0 Å². The van der Waals surface area contributed by atoms with Crippen molar-refractivity contribution in [2.45, 2.75) is 19.5 Å². The maximum Gasteiger partial charge on any atom is 0.265 e. The summed E-state index contributed by atoms with van der Waals surface area (Å²) in [5.74, 6) is -0.510. The van der Waals surface area contributed by atoms with Gasteiger partial charge in [0.25, 0.3) is 5.91 Å². The number of carbonyl (C=O) groups is 2. The van der Waals surface area contributed by atoms with Crippen LogP contribution in [0.4, 0.5) is 0 Å². The smallest absolute Gasteiger partial charge is 0.265 e. The molecule has 1 aromatic carbocycles. The summed E-state index contributed by atoms with van der Waals surface area (Å²) in [6.45, 7) is 2.12. The molecule has 1 heterocycles. The third-order valence-electron chi connectivity index (χ3n) is 3.05. The van der Waals surface area contributed by atoms with Crippen LogP contribution < -0.4 is 16.2 Å². The SMILES string of the molecule is CC(NNC(=O)c1ccncc1)C(=O)NCc1ccccc1. The van der Waals surface area contributed by atoms with Crippen molar-refractivity contribution >= 4 is 11.8 Å². The van der Waals surface area contributed by atoms with Gasteiger partial charge in [-0.25, -0.2) is 5.43 Å². The highest BCUT2D eigenvalue weighted by atomic mass is 16.2. The van der Waals surface area contributed by atoms with Gasteiger partial charge in [-0.3, -0.25) is 20.0 Å². The third-order valence-corrected chi connectivity index (χ3v) is 3.05. The summed E-state index contributed by atoms with van der Waals surface area (Å²) in [6.07, 6.45) is 3.07. The number of hydrogen-bond donors (Lipinski definition) is 3. The largest absolute Gasteiger partial charge is 0.351 e. The van der Waals surface area contributed by atoms with Gasteiger partial charge in [0.1, 0.15) is 6.04 Å². The van der Waals surface area contributed by atoms with Gasteiger partial charge in [0.2, 0.25) is 5.91 Å². The predicted molar refractivity (Wildman–Crippen MR) is 82.6 cm³/mol. The van der Waals surface area contributed by atoms with E-state index >= 15 is 0 Å². The molecule has 0 bridgehead atoms. The quantitative estimate of drug-likeness (QED) is 0.695. The predicted octanol–water partition coefficient (Wildman–Crippen LogP) is 1.02. The van der Waals surface area contributed by atoms with Crippen molar-refractivity contribution in [3.63, 3.8) is 0 Å². The minimum Gasteiger partial charge on any atom is -0.351 e. The van der Waals surface area contributed by atoms with E-state index in [2.05, 4.69) is 21.2 Å². The second kappa shape index (κ2) is 7.90. The van der Waals surface area contributed by atoms with Crippen LogP contribution >= 0.6 is 0 Å². The molecule has 0 spiro atoms. The first-order valence-electron chi connectivity index (χ1n) is 6.94. The van der Waals surface area contributed by atoms with Gasteiger partial charge < -0.3 is 5.32 Å². The van der Waals surface area contributed by atoms with Crippen molar-refractivity contribution < 1.29 is 9.59 Å². The van der Waals surface area contributed by atoms with Crippen LogP contribution in [-0.2, 0) is 11.3 Å². The van der Waals surface area contributed by atoms with E-state index in [-0.39, 0.29) is 11.8 Å². The molecule has 114 valence electrons. The maximum absolute atomic E-state index is 11.9. The summed E-state index contributed by atoms with van der Waals surface area (Å²) in [5, 5.41) is 2.80. The Morgan fingerprint density at radius 1 is 1.09 bits per heavy atom. The Kier molecular flexibility index (Phi) is 5.62. The number of nitrogens with zero attached hydrogens (tertiary/aromatic N) is 1. The molecule has 0 fully saturated rings. The molecular weight excluding hydrogens is 280 g/mol. The van der Waals surface area contributed by atoms with Crippen molar-refractivity contribution in [3.8, 4) is 0 Å². The number of pyridine rings is 1. The molecule has 0 aliphatic rings. The molecule has 0 saturated heterocycles. The van der Waals surface area contributed by atoms with E-state index in [9.17, 15) is 9.59 Å². The summed E-state index contributed by atoms with van der Waals surface area (Å²) in [5.41, 5.74) is 6.67. The lowest BCUT2D eigenvalue weighted by Gasteiger charge is -2.15. The molecule has 3 N–H and O–H groups in total. The molecule has 0 radical (unpaired) electrons. The minimum absolute atomic E-state index is 0.195. The van der Waals surface area contributed by atoms with Crippen molar-refractivity contribution in [1.29, 1.82) is 0 Å². The van der Waals surface area contributed by atoms with Gasteiger partial charge in [0.05, 0.1) is 0 Å². The highest BCUT2D eigenvalue weighted by Crippen LogP contribution is 1.98. The first-order valence-corrected chi connectivity index (χ1v) is 6.94. The molecule has 2 amide bonds. The van der Waals surface area contributed by atoms with Gasteiger partial charge >= 0.3 is 0 Å². The monoisotopic (exact) mass is 298 g/mol. The van der Waals surface area contributed by atoms with Crippen molar-refractivity contribution in [3.05, 3.63) is 66.0 Å². The van der Waals surface area contributed by atoms with E-state index in [0.29, 0.717) is 12.1 Å². The fourth-order valence-corrected chi connectivity index (χ4v) is 1.75. The molecule has 1 atom stereocenters. The van der Waals surface area contributed by atoms with Crippen LogP contribution in [0.5, 0.6) is 0 Å². The summed E-state index contributed by atoms with van der Waals surface area (Å²) in [6, 6.07) is 12.3. The van der Waals surface area contributed by atoms with E-state index < -0.39 is 6.04 Å². The molecule has 1 unspecified atom stereocenters. The zero-order valence-corrected chi connectivity index (χ0v) is 12.2. The number of amides is 2. The Morgan fingerprint density at radius 3 is 2.45 bits per heavy atom. The zero-order chi connectivity index (χ0) is 15.8. The van der Waals surface area contributed by atoms with Gasteiger partial charge in [-0.2, -0.15) is 0 Å². The van der Waals surface area contributed by atoms with E-state index in [4.69, 9.17) is 0 Å². The Morgan fingerprint density at radius 2 is 1.77 bits per heavy atom. The van der Waals surface area contributed by atoms with Crippen LogP contribution in [0, 0.1) is 0 Å². The topological polar surface area (TPSA) is 83.1 Å². The molecule has 2 aromatic rings. The normalized spacial score (nSPS) is 11.5. The first-order chi connectivity index (χ1) is 10.7. The second-order valence-corrected chi connectivity index (χ2v) is 4.76. The summed E-state index contributed by atoms with van der Waals surface area (Å²) in [7, 11) is 0. The standard InChI is InChI=1S/C16H18N4O2/c1-12(15(21)18-11-13-5-3-2-4-6-13)19-20-16(22)14-7-9-17-10-8-14/h2-10,12,19H,11H2,1H3,(H,18,21)(H,20,22). The highest BCUT2D eigenvalue weighted by molar-refractivity contribution is 5.94. The molecule has 2 rings (SSSR count). The Balaban J connectivity index is 1.76.